The fourth-order valence-corrected chi connectivity index (χ4v) is 3.40. The first kappa shape index (κ1) is 12.3. The zero-order chi connectivity index (χ0) is 11.6. The summed E-state index contributed by atoms with van der Waals surface area (Å²) in [5.41, 5.74) is 4.20. The first-order valence-corrected chi connectivity index (χ1v) is 6.64. The van der Waals surface area contributed by atoms with Gasteiger partial charge in [-0.25, -0.2) is 5.01 Å². The highest BCUT2D eigenvalue weighted by Gasteiger charge is 2.32. The fraction of sp³-hybridized carbons (Fsp3) is 1.00. The maximum absolute atomic E-state index is 5.37. The van der Waals surface area contributed by atoms with E-state index in [0.717, 1.165) is 32.2 Å². The lowest BCUT2D eigenvalue weighted by molar-refractivity contribution is -0.00938. The third-order valence-corrected chi connectivity index (χ3v) is 3.76. The van der Waals surface area contributed by atoms with Crippen molar-refractivity contribution >= 4 is 0 Å². The van der Waals surface area contributed by atoms with Crippen LogP contribution in [0.15, 0.2) is 0 Å². The topological polar surface area (TPSA) is 24.5 Å². The lowest BCUT2D eigenvalue weighted by Gasteiger charge is -2.42. The zero-order valence-electron chi connectivity index (χ0n) is 11.0. The number of hydrogen-bond acceptors (Lipinski definition) is 3. The van der Waals surface area contributed by atoms with Crippen molar-refractivity contribution in [2.75, 3.05) is 26.3 Å². The number of morpholine rings is 1. The molecule has 0 radical (unpaired) electrons. The molecule has 1 saturated carbocycles. The molecule has 2 aliphatic rings. The molecule has 0 aromatic rings. The van der Waals surface area contributed by atoms with Crippen LogP contribution in [0.4, 0.5) is 0 Å². The van der Waals surface area contributed by atoms with Crippen molar-refractivity contribution in [2.45, 2.75) is 46.1 Å². The number of ether oxygens (including phenoxy) is 1. The predicted molar refractivity (Wildman–Crippen MR) is 66.1 cm³/mol. The molecular formula is C13H26N2O. The van der Waals surface area contributed by atoms with Crippen molar-refractivity contribution in [3.63, 3.8) is 0 Å². The van der Waals surface area contributed by atoms with Crippen molar-refractivity contribution in [2.24, 2.45) is 11.3 Å². The maximum Gasteiger partial charge on any atom is 0.0608 e. The van der Waals surface area contributed by atoms with Crippen LogP contribution in [0, 0.1) is 11.3 Å². The largest absolute Gasteiger partial charge is 0.379 e. The minimum atomic E-state index is 0.502. The van der Waals surface area contributed by atoms with E-state index in [2.05, 4.69) is 31.2 Å². The molecule has 0 amide bonds. The average molecular weight is 226 g/mol. The third kappa shape index (κ3) is 3.44. The third-order valence-electron chi connectivity index (χ3n) is 3.76. The van der Waals surface area contributed by atoms with Crippen LogP contribution in [0.2, 0.25) is 0 Å². The Balaban J connectivity index is 1.84. The lowest BCUT2D eigenvalue weighted by Crippen LogP contribution is -2.52. The molecule has 0 bridgehead atoms. The van der Waals surface area contributed by atoms with Crippen molar-refractivity contribution in [3.8, 4) is 0 Å². The van der Waals surface area contributed by atoms with E-state index in [0.29, 0.717) is 11.5 Å². The Hall–Kier alpha value is -0.120. The van der Waals surface area contributed by atoms with E-state index in [9.17, 15) is 0 Å². The summed E-state index contributed by atoms with van der Waals surface area (Å²) in [6.07, 6.45) is 3.99. The number of rotatable bonds is 2. The Bertz CT molecular complexity index is 224. The van der Waals surface area contributed by atoms with Crippen LogP contribution in [-0.2, 0) is 4.74 Å². The zero-order valence-corrected chi connectivity index (χ0v) is 11.0. The van der Waals surface area contributed by atoms with E-state index < -0.39 is 0 Å². The van der Waals surface area contributed by atoms with Gasteiger partial charge < -0.3 is 4.74 Å². The predicted octanol–water partition coefficient (Wildman–Crippen LogP) is 2.04. The highest BCUT2D eigenvalue weighted by molar-refractivity contribution is 4.86. The van der Waals surface area contributed by atoms with Crippen LogP contribution < -0.4 is 5.43 Å². The summed E-state index contributed by atoms with van der Waals surface area (Å²) in [5, 5.41) is 2.35. The summed E-state index contributed by atoms with van der Waals surface area (Å²) in [5.74, 6) is 0.849. The minimum absolute atomic E-state index is 0.502. The number of hydrazine groups is 1. The van der Waals surface area contributed by atoms with Crippen LogP contribution in [-0.4, -0.2) is 37.4 Å². The van der Waals surface area contributed by atoms with Gasteiger partial charge in [0.2, 0.25) is 0 Å². The molecule has 16 heavy (non-hydrogen) atoms. The molecule has 94 valence electrons. The maximum atomic E-state index is 5.37. The average Bonchev–Trinajstić information content (AvgIpc) is 2.15. The highest BCUT2D eigenvalue weighted by Crippen LogP contribution is 2.38. The van der Waals surface area contributed by atoms with Crippen LogP contribution in [0.5, 0.6) is 0 Å². The Morgan fingerprint density at radius 1 is 1.19 bits per heavy atom. The SMILES string of the molecule is CC1CC(NN2CCOCC2)CC(C)(C)C1. The van der Waals surface area contributed by atoms with Gasteiger partial charge in [-0.2, -0.15) is 0 Å². The van der Waals surface area contributed by atoms with Gasteiger partial charge in [-0.3, -0.25) is 5.43 Å². The smallest absolute Gasteiger partial charge is 0.0608 e. The number of hydrogen-bond donors (Lipinski definition) is 1. The van der Waals surface area contributed by atoms with Gasteiger partial charge in [-0.1, -0.05) is 20.8 Å². The van der Waals surface area contributed by atoms with E-state index in [1.54, 1.807) is 0 Å². The molecule has 0 aromatic heterocycles. The summed E-state index contributed by atoms with van der Waals surface area (Å²) in [6.45, 7) is 11.0. The second-order valence-electron chi connectivity index (χ2n) is 6.34. The van der Waals surface area contributed by atoms with Crippen LogP contribution in [0.25, 0.3) is 0 Å². The van der Waals surface area contributed by atoms with Crippen LogP contribution in [0.3, 0.4) is 0 Å². The van der Waals surface area contributed by atoms with Gasteiger partial charge in [-0.15, -0.1) is 0 Å². The van der Waals surface area contributed by atoms with E-state index in [-0.39, 0.29) is 0 Å². The second-order valence-corrected chi connectivity index (χ2v) is 6.34. The van der Waals surface area contributed by atoms with E-state index in [4.69, 9.17) is 4.74 Å². The summed E-state index contributed by atoms with van der Waals surface area (Å²) in [4.78, 5) is 0. The van der Waals surface area contributed by atoms with Gasteiger partial charge in [0.25, 0.3) is 0 Å². The summed E-state index contributed by atoms with van der Waals surface area (Å²) < 4.78 is 5.37. The Morgan fingerprint density at radius 3 is 2.50 bits per heavy atom. The molecule has 2 atom stereocenters. The quantitative estimate of drug-likeness (QED) is 0.780. The van der Waals surface area contributed by atoms with Gasteiger partial charge in [0, 0.05) is 19.1 Å². The molecule has 0 aromatic carbocycles. The Labute approximate surface area is 99.5 Å². The van der Waals surface area contributed by atoms with Gasteiger partial charge in [0.1, 0.15) is 0 Å². The molecule has 3 heteroatoms. The van der Waals surface area contributed by atoms with Crippen molar-refractivity contribution in [1.29, 1.82) is 0 Å². The number of nitrogens with one attached hydrogen (secondary N) is 1. The molecule has 1 N–H and O–H groups in total. The summed E-state index contributed by atoms with van der Waals surface area (Å²) >= 11 is 0. The van der Waals surface area contributed by atoms with Crippen molar-refractivity contribution in [3.05, 3.63) is 0 Å². The summed E-state index contributed by atoms with van der Waals surface area (Å²) in [7, 11) is 0. The molecule has 1 heterocycles. The van der Waals surface area contributed by atoms with E-state index >= 15 is 0 Å². The molecule has 2 unspecified atom stereocenters. The second kappa shape index (κ2) is 5.03. The van der Waals surface area contributed by atoms with Crippen LogP contribution in [0.1, 0.15) is 40.0 Å². The van der Waals surface area contributed by atoms with Crippen molar-refractivity contribution in [1.82, 2.24) is 10.4 Å². The normalized spacial score (nSPS) is 36.2. The standard InChI is InChI=1S/C13H26N2O/c1-11-8-12(10-13(2,3)9-11)14-15-4-6-16-7-5-15/h11-12,14H,4-10H2,1-3H3. The monoisotopic (exact) mass is 226 g/mol. The molecule has 2 fully saturated rings. The minimum Gasteiger partial charge on any atom is -0.379 e. The molecule has 2 rings (SSSR count). The summed E-state index contributed by atoms with van der Waals surface area (Å²) in [6, 6.07) is 0.664. The molecule has 3 nitrogen and oxygen atoms in total. The molecular weight excluding hydrogens is 200 g/mol. The van der Waals surface area contributed by atoms with Gasteiger partial charge in [0.05, 0.1) is 13.2 Å². The van der Waals surface area contributed by atoms with Crippen LogP contribution >= 0.6 is 0 Å². The van der Waals surface area contributed by atoms with E-state index in [1.807, 2.05) is 0 Å². The Morgan fingerprint density at radius 2 is 1.88 bits per heavy atom. The Kier molecular flexibility index (Phi) is 3.88. The highest BCUT2D eigenvalue weighted by atomic mass is 16.5. The van der Waals surface area contributed by atoms with Gasteiger partial charge >= 0.3 is 0 Å². The van der Waals surface area contributed by atoms with Gasteiger partial charge in [0.15, 0.2) is 0 Å². The van der Waals surface area contributed by atoms with Crippen molar-refractivity contribution < 1.29 is 4.74 Å². The first-order chi connectivity index (χ1) is 7.55. The molecule has 0 spiro atoms. The molecule has 1 aliphatic carbocycles. The molecule has 1 saturated heterocycles. The fourth-order valence-electron chi connectivity index (χ4n) is 3.40. The lowest BCUT2D eigenvalue weighted by atomic mass is 9.71. The van der Waals surface area contributed by atoms with E-state index in [1.165, 1.54) is 19.3 Å². The molecule has 1 aliphatic heterocycles. The first-order valence-electron chi connectivity index (χ1n) is 6.64. The number of nitrogens with zero attached hydrogens (tertiary/aromatic N) is 1. The van der Waals surface area contributed by atoms with Gasteiger partial charge in [-0.05, 0) is 30.6 Å².